The van der Waals surface area contributed by atoms with Crippen LogP contribution in [0, 0.1) is 0 Å². The second-order valence-corrected chi connectivity index (χ2v) is 5.78. The number of hydrogen-bond donors (Lipinski definition) is 0. The predicted octanol–water partition coefficient (Wildman–Crippen LogP) is 3.23. The van der Waals surface area contributed by atoms with Gasteiger partial charge in [-0.2, -0.15) is 0 Å². The van der Waals surface area contributed by atoms with Crippen LogP contribution < -0.4 is 0 Å². The summed E-state index contributed by atoms with van der Waals surface area (Å²) < 4.78 is 10.0. The average molecular weight is 321 g/mol. The van der Waals surface area contributed by atoms with Gasteiger partial charge in [0.1, 0.15) is 12.1 Å². The number of esters is 1. The molecule has 0 spiro atoms. The zero-order valence-corrected chi connectivity index (χ0v) is 13.1. The summed E-state index contributed by atoms with van der Waals surface area (Å²) in [5.41, 5.74) is 4.39. The van der Waals surface area contributed by atoms with Gasteiger partial charge in [0, 0.05) is 17.5 Å². The number of rotatable bonds is 3. The summed E-state index contributed by atoms with van der Waals surface area (Å²) in [5, 5.41) is 1.02. The van der Waals surface area contributed by atoms with Crippen LogP contribution in [0.3, 0.4) is 0 Å². The van der Waals surface area contributed by atoms with Gasteiger partial charge >= 0.3 is 5.97 Å². The molecule has 0 N–H and O–H groups in total. The lowest BCUT2D eigenvalue weighted by Gasteiger charge is -2.13. The largest absolute Gasteiger partial charge is 0.468 e. The number of ether oxygens (including phenoxy) is 1. The smallest absolute Gasteiger partial charge is 0.325 e. The molecule has 0 atom stereocenters. The summed E-state index contributed by atoms with van der Waals surface area (Å²) in [5.74, 6) is -0.552. The molecule has 0 bridgehead atoms. The van der Waals surface area contributed by atoms with Gasteiger partial charge in [-0.05, 0) is 41.0 Å². The summed E-state index contributed by atoms with van der Waals surface area (Å²) >= 11 is 0. The zero-order chi connectivity index (χ0) is 16.7. The number of methoxy groups -OCH3 is 1. The molecular formula is C19H15NO4. The Morgan fingerprint density at radius 2 is 1.96 bits per heavy atom. The summed E-state index contributed by atoms with van der Waals surface area (Å²) in [6.45, 7) is 0.407. The van der Waals surface area contributed by atoms with E-state index in [0.717, 1.165) is 27.7 Å². The van der Waals surface area contributed by atoms with Crippen molar-refractivity contribution in [2.75, 3.05) is 13.7 Å². The van der Waals surface area contributed by atoms with E-state index in [1.807, 2.05) is 42.5 Å². The molecule has 1 aromatic heterocycles. The van der Waals surface area contributed by atoms with Crippen molar-refractivity contribution in [3.05, 3.63) is 59.9 Å². The molecule has 1 aliphatic rings. The van der Waals surface area contributed by atoms with E-state index >= 15 is 0 Å². The first kappa shape index (κ1) is 14.5. The Labute approximate surface area is 138 Å². The minimum absolute atomic E-state index is 0.0275. The Morgan fingerprint density at radius 1 is 1.17 bits per heavy atom. The second kappa shape index (κ2) is 5.53. The highest BCUT2D eigenvalue weighted by atomic mass is 16.5. The highest BCUT2D eigenvalue weighted by molar-refractivity contribution is 6.01. The Kier molecular flexibility index (Phi) is 3.34. The third-order valence-corrected chi connectivity index (χ3v) is 4.32. The number of carbonyl (C=O) groups excluding carboxylic acids is 2. The molecule has 3 aromatic rings. The number of carbonyl (C=O) groups is 2. The number of furan rings is 1. The van der Waals surface area contributed by atoms with Crippen LogP contribution in [0.1, 0.15) is 15.9 Å². The number of nitrogens with zero attached hydrogens (tertiary/aromatic N) is 1. The molecule has 0 saturated heterocycles. The molecule has 1 amide bonds. The fourth-order valence-corrected chi connectivity index (χ4v) is 3.04. The molecule has 5 heteroatoms. The quantitative estimate of drug-likeness (QED) is 0.695. The maximum absolute atomic E-state index is 12.5. The van der Waals surface area contributed by atoms with E-state index in [4.69, 9.17) is 4.42 Å². The molecule has 1 aliphatic heterocycles. The number of fused-ring (bicyclic) bond motifs is 2. The molecule has 5 nitrogen and oxygen atoms in total. The summed E-state index contributed by atoms with van der Waals surface area (Å²) in [6, 6.07) is 13.7. The van der Waals surface area contributed by atoms with Crippen LogP contribution in [0.2, 0.25) is 0 Å². The third-order valence-electron chi connectivity index (χ3n) is 4.32. The van der Waals surface area contributed by atoms with Crippen LogP contribution in [-0.4, -0.2) is 30.4 Å². The number of benzene rings is 2. The van der Waals surface area contributed by atoms with Crippen LogP contribution in [0.5, 0.6) is 0 Å². The first-order valence-electron chi connectivity index (χ1n) is 7.62. The molecular weight excluding hydrogens is 306 g/mol. The van der Waals surface area contributed by atoms with Crippen LogP contribution in [0.4, 0.5) is 0 Å². The van der Waals surface area contributed by atoms with Crippen LogP contribution in [0.15, 0.2) is 53.1 Å². The molecule has 0 radical (unpaired) electrons. The lowest BCUT2D eigenvalue weighted by atomic mass is 9.99. The molecule has 0 saturated carbocycles. The molecule has 0 fully saturated rings. The molecule has 4 rings (SSSR count). The normalized spacial score (nSPS) is 13.4. The van der Waals surface area contributed by atoms with Gasteiger partial charge in [-0.25, -0.2) is 0 Å². The van der Waals surface area contributed by atoms with E-state index in [1.54, 1.807) is 6.26 Å². The van der Waals surface area contributed by atoms with Crippen molar-refractivity contribution in [2.45, 2.75) is 6.54 Å². The van der Waals surface area contributed by atoms with Crippen molar-refractivity contribution in [1.82, 2.24) is 4.90 Å². The van der Waals surface area contributed by atoms with E-state index in [9.17, 15) is 9.59 Å². The molecule has 120 valence electrons. The summed E-state index contributed by atoms with van der Waals surface area (Å²) in [6.07, 6.45) is 1.66. The minimum atomic E-state index is -0.415. The van der Waals surface area contributed by atoms with Crippen LogP contribution >= 0.6 is 0 Å². The zero-order valence-electron chi connectivity index (χ0n) is 13.1. The van der Waals surface area contributed by atoms with E-state index < -0.39 is 5.97 Å². The lowest BCUT2D eigenvalue weighted by molar-refractivity contribution is -0.141. The Balaban J connectivity index is 1.67. The minimum Gasteiger partial charge on any atom is -0.468 e. The SMILES string of the molecule is COC(=O)CN1Cc2ccc(-c3ccc4occc4c3)cc2C1=O. The van der Waals surface area contributed by atoms with Crippen molar-refractivity contribution >= 4 is 22.8 Å². The predicted molar refractivity (Wildman–Crippen MR) is 88.4 cm³/mol. The number of amides is 1. The standard InChI is InChI=1S/C19H15NO4/c1-23-18(21)11-20-10-15-3-2-13(9-16(15)19(20)22)12-4-5-17-14(8-12)6-7-24-17/h2-9H,10-11H2,1H3. The Hall–Kier alpha value is -3.08. The second-order valence-electron chi connectivity index (χ2n) is 5.78. The maximum Gasteiger partial charge on any atom is 0.325 e. The first-order valence-corrected chi connectivity index (χ1v) is 7.62. The van der Waals surface area contributed by atoms with Gasteiger partial charge in [0.15, 0.2) is 0 Å². The molecule has 0 aliphatic carbocycles. The van der Waals surface area contributed by atoms with Gasteiger partial charge in [0.2, 0.25) is 0 Å². The van der Waals surface area contributed by atoms with Gasteiger partial charge < -0.3 is 14.1 Å². The summed E-state index contributed by atoms with van der Waals surface area (Å²) in [4.78, 5) is 25.4. The highest BCUT2D eigenvalue weighted by Crippen LogP contribution is 2.30. The first-order chi connectivity index (χ1) is 11.7. The Bertz CT molecular complexity index is 957. The molecule has 2 aromatic carbocycles. The van der Waals surface area contributed by atoms with Crippen LogP contribution in [-0.2, 0) is 16.1 Å². The lowest BCUT2D eigenvalue weighted by Crippen LogP contribution is -2.30. The van der Waals surface area contributed by atoms with Gasteiger partial charge in [0.25, 0.3) is 5.91 Å². The molecule has 2 heterocycles. The fraction of sp³-hybridized carbons (Fsp3) is 0.158. The van der Waals surface area contributed by atoms with Crippen molar-refractivity contribution < 1.29 is 18.7 Å². The van der Waals surface area contributed by atoms with Gasteiger partial charge in [0.05, 0.1) is 13.4 Å². The van der Waals surface area contributed by atoms with E-state index in [1.165, 1.54) is 12.0 Å². The average Bonchev–Trinajstić information content (AvgIpc) is 3.19. The number of hydrogen-bond acceptors (Lipinski definition) is 4. The maximum atomic E-state index is 12.5. The monoisotopic (exact) mass is 321 g/mol. The molecule has 24 heavy (non-hydrogen) atoms. The third kappa shape index (κ3) is 2.34. The van der Waals surface area contributed by atoms with E-state index in [-0.39, 0.29) is 12.5 Å². The van der Waals surface area contributed by atoms with Gasteiger partial charge in [-0.3, -0.25) is 9.59 Å². The fourth-order valence-electron chi connectivity index (χ4n) is 3.04. The van der Waals surface area contributed by atoms with Crippen molar-refractivity contribution in [3.8, 4) is 11.1 Å². The van der Waals surface area contributed by atoms with Gasteiger partial charge in [-0.15, -0.1) is 0 Å². The van der Waals surface area contributed by atoms with Crippen molar-refractivity contribution in [1.29, 1.82) is 0 Å². The van der Waals surface area contributed by atoms with Crippen molar-refractivity contribution in [3.63, 3.8) is 0 Å². The topological polar surface area (TPSA) is 59.8 Å². The van der Waals surface area contributed by atoms with Gasteiger partial charge in [-0.1, -0.05) is 18.2 Å². The Morgan fingerprint density at radius 3 is 2.79 bits per heavy atom. The molecule has 0 unspecified atom stereocenters. The highest BCUT2D eigenvalue weighted by Gasteiger charge is 2.29. The van der Waals surface area contributed by atoms with E-state index in [0.29, 0.717) is 12.1 Å². The van der Waals surface area contributed by atoms with Crippen LogP contribution in [0.25, 0.3) is 22.1 Å². The van der Waals surface area contributed by atoms with E-state index in [2.05, 4.69) is 4.74 Å². The van der Waals surface area contributed by atoms with Crippen molar-refractivity contribution in [2.24, 2.45) is 0 Å². The summed E-state index contributed by atoms with van der Waals surface area (Å²) in [7, 11) is 1.32.